The number of halogens is 1. The van der Waals surface area contributed by atoms with Crippen molar-refractivity contribution in [1.29, 1.82) is 0 Å². The van der Waals surface area contributed by atoms with Gasteiger partial charge in [-0.2, -0.15) is 0 Å². The lowest BCUT2D eigenvalue weighted by molar-refractivity contribution is -0.149. The fourth-order valence-electron chi connectivity index (χ4n) is 2.62. The number of nitrogens with zero attached hydrogens (tertiary/aromatic N) is 1. The molecule has 0 bridgehead atoms. The van der Waals surface area contributed by atoms with Crippen LogP contribution < -0.4 is 5.32 Å². The number of rotatable bonds is 2. The number of likely N-dealkylation sites (tertiary alicyclic amines) is 1. The molecule has 0 aromatic carbocycles. The Balaban J connectivity index is 0.00000144. The van der Waals surface area contributed by atoms with Crippen molar-refractivity contribution in [3.8, 4) is 0 Å². The number of hydrogen-bond acceptors (Lipinski definition) is 3. The summed E-state index contributed by atoms with van der Waals surface area (Å²) < 4.78 is 5.53. The van der Waals surface area contributed by atoms with Crippen molar-refractivity contribution in [3.63, 3.8) is 0 Å². The summed E-state index contributed by atoms with van der Waals surface area (Å²) in [5.41, 5.74) is 0. The van der Waals surface area contributed by atoms with Gasteiger partial charge < -0.3 is 15.0 Å². The summed E-state index contributed by atoms with van der Waals surface area (Å²) in [5, 5.41) is 3.22. The van der Waals surface area contributed by atoms with Crippen LogP contribution in [0.5, 0.6) is 0 Å². The molecular formula is C12H23ClN2O2. The van der Waals surface area contributed by atoms with Gasteiger partial charge >= 0.3 is 0 Å². The second kappa shape index (κ2) is 7.19. The highest BCUT2D eigenvalue weighted by Crippen LogP contribution is 2.21. The van der Waals surface area contributed by atoms with Crippen molar-refractivity contribution in [2.24, 2.45) is 0 Å². The third-order valence-electron chi connectivity index (χ3n) is 3.58. The number of nitrogens with one attached hydrogen (secondary N) is 1. The van der Waals surface area contributed by atoms with E-state index < -0.39 is 0 Å². The van der Waals surface area contributed by atoms with E-state index in [1.807, 2.05) is 4.90 Å². The highest BCUT2D eigenvalue weighted by Gasteiger charge is 2.31. The highest BCUT2D eigenvalue weighted by atomic mass is 35.5. The Hall–Kier alpha value is -0.320. The summed E-state index contributed by atoms with van der Waals surface area (Å²) in [7, 11) is 0. The van der Waals surface area contributed by atoms with E-state index in [1.165, 1.54) is 6.42 Å². The molecular weight excluding hydrogens is 240 g/mol. The van der Waals surface area contributed by atoms with E-state index in [-0.39, 0.29) is 24.4 Å². The minimum Gasteiger partial charge on any atom is -0.366 e. The van der Waals surface area contributed by atoms with Gasteiger partial charge in [0, 0.05) is 25.7 Å². The highest BCUT2D eigenvalue weighted by molar-refractivity contribution is 5.85. The van der Waals surface area contributed by atoms with Gasteiger partial charge in [-0.15, -0.1) is 12.4 Å². The quantitative estimate of drug-likeness (QED) is 0.813. The first-order chi connectivity index (χ1) is 7.83. The fraction of sp³-hybridized carbons (Fsp3) is 0.917. The molecule has 2 unspecified atom stereocenters. The Kier molecular flexibility index (Phi) is 6.23. The van der Waals surface area contributed by atoms with Crippen molar-refractivity contribution >= 4 is 18.3 Å². The Morgan fingerprint density at radius 3 is 2.94 bits per heavy atom. The van der Waals surface area contributed by atoms with Crippen LogP contribution in [-0.2, 0) is 9.53 Å². The first-order valence-electron chi connectivity index (χ1n) is 6.45. The van der Waals surface area contributed by atoms with Crippen LogP contribution in [0.15, 0.2) is 0 Å². The average Bonchev–Trinajstić information content (AvgIpc) is 2.39. The lowest BCUT2D eigenvalue weighted by atomic mass is 9.99. The normalized spacial score (nSPS) is 29.6. The van der Waals surface area contributed by atoms with E-state index in [9.17, 15) is 4.79 Å². The number of carbonyl (C=O) groups is 1. The van der Waals surface area contributed by atoms with Gasteiger partial charge in [-0.1, -0.05) is 6.92 Å². The molecule has 100 valence electrons. The molecule has 0 aliphatic carbocycles. The summed E-state index contributed by atoms with van der Waals surface area (Å²) in [6, 6.07) is 0.437. The molecule has 2 aliphatic heterocycles. The molecule has 1 amide bonds. The Morgan fingerprint density at radius 1 is 1.47 bits per heavy atom. The van der Waals surface area contributed by atoms with Crippen molar-refractivity contribution < 1.29 is 9.53 Å². The maximum Gasteiger partial charge on any atom is 0.253 e. The van der Waals surface area contributed by atoms with Crippen LogP contribution in [-0.4, -0.2) is 49.2 Å². The lowest BCUT2D eigenvalue weighted by Gasteiger charge is -2.38. The van der Waals surface area contributed by atoms with Crippen LogP contribution in [0.25, 0.3) is 0 Å². The Morgan fingerprint density at radius 2 is 2.29 bits per heavy atom. The summed E-state index contributed by atoms with van der Waals surface area (Å²) in [6.07, 6.45) is 4.36. The zero-order valence-corrected chi connectivity index (χ0v) is 11.3. The van der Waals surface area contributed by atoms with Crippen LogP contribution >= 0.6 is 12.4 Å². The standard InChI is InChI=1S/C12H22N2O2.ClH/c1-2-10-5-3-4-7-14(10)12(15)11-9-13-6-8-16-11;/h10-11,13H,2-9H2,1H3;1H. The van der Waals surface area contributed by atoms with Crippen molar-refractivity contribution in [3.05, 3.63) is 0 Å². The zero-order valence-electron chi connectivity index (χ0n) is 10.5. The van der Waals surface area contributed by atoms with E-state index in [4.69, 9.17) is 4.74 Å². The minimum atomic E-state index is -0.249. The van der Waals surface area contributed by atoms with Gasteiger partial charge in [-0.25, -0.2) is 0 Å². The largest absolute Gasteiger partial charge is 0.366 e. The SMILES string of the molecule is CCC1CCCCN1C(=O)C1CNCCO1.Cl. The van der Waals surface area contributed by atoms with Crippen LogP contribution in [0, 0.1) is 0 Å². The van der Waals surface area contributed by atoms with E-state index >= 15 is 0 Å². The molecule has 0 aromatic heterocycles. The van der Waals surface area contributed by atoms with Gasteiger partial charge in [0.15, 0.2) is 0 Å². The molecule has 2 atom stereocenters. The van der Waals surface area contributed by atoms with E-state index in [0.717, 1.165) is 32.4 Å². The Labute approximate surface area is 109 Å². The molecule has 0 radical (unpaired) electrons. The molecule has 2 aliphatic rings. The predicted molar refractivity (Wildman–Crippen MR) is 69.5 cm³/mol. The number of carbonyl (C=O) groups excluding carboxylic acids is 1. The van der Waals surface area contributed by atoms with Crippen LogP contribution in [0.2, 0.25) is 0 Å². The summed E-state index contributed by atoms with van der Waals surface area (Å²) >= 11 is 0. The molecule has 2 rings (SSSR count). The maximum atomic E-state index is 12.3. The summed E-state index contributed by atoms with van der Waals surface area (Å²) in [4.78, 5) is 14.3. The van der Waals surface area contributed by atoms with Gasteiger partial charge in [-0.3, -0.25) is 4.79 Å². The number of ether oxygens (including phenoxy) is 1. The number of morpholine rings is 1. The van der Waals surface area contributed by atoms with Crippen molar-refractivity contribution in [2.75, 3.05) is 26.2 Å². The Bertz CT molecular complexity index is 245. The molecule has 1 N–H and O–H groups in total. The molecule has 2 fully saturated rings. The molecule has 0 saturated carbocycles. The molecule has 2 heterocycles. The predicted octanol–water partition coefficient (Wildman–Crippen LogP) is 1.19. The monoisotopic (exact) mass is 262 g/mol. The third-order valence-corrected chi connectivity index (χ3v) is 3.58. The number of piperidine rings is 1. The van der Waals surface area contributed by atoms with Crippen molar-refractivity contribution in [2.45, 2.75) is 44.8 Å². The second-order valence-electron chi connectivity index (χ2n) is 4.65. The van der Waals surface area contributed by atoms with E-state index in [1.54, 1.807) is 0 Å². The first-order valence-corrected chi connectivity index (χ1v) is 6.45. The van der Waals surface area contributed by atoms with Gasteiger partial charge in [0.05, 0.1) is 6.61 Å². The summed E-state index contributed by atoms with van der Waals surface area (Å²) in [6.45, 7) is 5.27. The van der Waals surface area contributed by atoms with E-state index in [0.29, 0.717) is 19.2 Å². The molecule has 5 heteroatoms. The van der Waals surface area contributed by atoms with Gasteiger partial charge in [0.25, 0.3) is 5.91 Å². The second-order valence-corrected chi connectivity index (χ2v) is 4.65. The first kappa shape index (κ1) is 14.7. The average molecular weight is 263 g/mol. The molecule has 0 aromatic rings. The third kappa shape index (κ3) is 3.57. The molecule has 0 spiro atoms. The minimum absolute atomic E-state index is 0. The lowest BCUT2D eigenvalue weighted by Crippen LogP contribution is -2.53. The fourth-order valence-corrected chi connectivity index (χ4v) is 2.62. The van der Waals surface area contributed by atoms with Crippen molar-refractivity contribution in [1.82, 2.24) is 10.2 Å². The maximum absolute atomic E-state index is 12.3. The van der Waals surface area contributed by atoms with Gasteiger partial charge in [0.1, 0.15) is 6.10 Å². The van der Waals surface area contributed by atoms with Crippen LogP contribution in [0.4, 0.5) is 0 Å². The number of amides is 1. The molecule has 4 nitrogen and oxygen atoms in total. The van der Waals surface area contributed by atoms with Gasteiger partial charge in [0.2, 0.25) is 0 Å². The van der Waals surface area contributed by atoms with Crippen LogP contribution in [0.3, 0.4) is 0 Å². The van der Waals surface area contributed by atoms with Gasteiger partial charge in [-0.05, 0) is 25.7 Å². The smallest absolute Gasteiger partial charge is 0.253 e. The zero-order chi connectivity index (χ0) is 11.4. The molecule has 2 saturated heterocycles. The van der Waals surface area contributed by atoms with E-state index in [2.05, 4.69) is 12.2 Å². The molecule has 17 heavy (non-hydrogen) atoms. The number of hydrogen-bond donors (Lipinski definition) is 1. The summed E-state index contributed by atoms with van der Waals surface area (Å²) in [5.74, 6) is 0.193. The van der Waals surface area contributed by atoms with Crippen LogP contribution in [0.1, 0.15) is 32.6 Å². The topological polar surface area (TPSA) is 41.6 Å².